The fraction of sp³-hybridized carbons (Fsp3) is 0.500. The molecule has 6 heteroatoms. The van der Waals surface area contributed by atoms with Crippen LogP contribution in [0.4, 0.5) is 5.95 Å². The van der Waals surface area contributed by atoms with Crippen molar-refractivity contribution in [1.29, 1.82) is 0 Å². The van der Waals surface area contributed by atoms with Gasteiger partial charge in [-0.1, -0.05) is 18.5 Å². The van der Waals surface area contributed by atoms with Crippen LogP contribution in [-0.2, 0) is 0 Å². The molecular formula is C12H14ClN3OS. The Morgan fingerprint density at radius 3 is 2.89 bits per heavy atom. The summed E-state index contributed by atoms with van der Waals surface area (Å²) in [7, 11) is 0. The second-order valence-corrected chi connectivity index (χ2v) is 5.99. The molecule has 2 aromatic rings. The first-order chi connectivity index (χ1) is 8.74. The van der Waals surface area contributed by atoms with Crippen LogP contribution in [0.2, 0.25) is 5.02 Å². The molecule has 0 amide bonds. The van der Waals surface area contributed by atoms with Gasteiger partial charge in [0.1, 0.15) is 4.88 Å². The molecule has 0 atom stereocenters. The van der Waals surface area contributed by atoms with Gasteiger partial charge in [-0.05, 0) is 35.4 Å². The molecule has 1 aliphatic heterocycles. The molecule has 0 aliphatic carbocycles. The Balaban J connectivity index is 1.80. The van der Waals surface area contributed by atoms with Crippen molar-refractivity contribution in [3.63, 3.8) is 0 Å². The normalized spacial score (nSPS) is 17.3. The van der Waals surface area contributed by atoms with Gasteiger partial charge in [0, 0.05) is 13.1 Å². The van der Waals surface area contributed by atoms with E-state index in [1.807, 2.05) is 11.4 Å². The Labute approximate surface area is 115 Å². The molecule has 0 bridgehead atoms. The maximum Gasteiger partial charge on any atom is 0.271 e. The van der Waals surface area contributed by atoms with Crippen molar-refractivity contribution in [3.05, 3.63) is 16.5 Å². The molecule has 3 heterocycles. The van der Waals surface area contributed by atoms with E-state index < -0.39 is 0 Å². The lowest BCUT2D eigenvalue weighted by Crippen LogP contribution is -2.33. The van der Waals surface area contributed by atoms with Gasteiger partial charge in [0.2, 0.25) is 0 Å². The minimum absolute atomic E-state index is 0.517. The molecule has 0 N–H and O–H groups in total. The standard InChI is InChI=1S/C12H14ClN3OS/c1-8-2-5-16(6-3-8)12-14-11(17-15-12)10-9(13)4-7-18-10/h4,7-8H,2-3,5-6H2,1H3. The van der Waals surface area contributed by atoms with Gasteiger partial charge in [-0.25, -0.2) is 0 Å². The number of aromatic nitrogens is 2. The topological polar surface area (TPSA) is 42.2 Å². The van der Waals surface area contributed by atoms with Crippen LogP contribution in [0.15, 0.2) is 16.0 Å². The van der Waals surface area contributed by atoms with Crippen molar-refractivity contribution in [2.75, 3.05) is 18.0 Å². The molecule has 0 spiro atoms. The third-order valence-electron chi connectivity index (χ3n) is 3.29. The van der Waals surface area contributed by atoms with Crippen molar-refractivity contribution in [3.8, 4) is 10.8 Å². The third kappa shape index (κ3) is 2.24. The quantitative estimate of drug-likeness (QED) is 0.843. The van der Waals surface area contributed by atoms with Crippen molar-refractivity contribution < 1.29 is 4.52 Å². The number of hydrogen-bond acceptors (Lipinski definition) is 5. The Kier molecular flexibility index (Phi) is 3.26. The number of hydrogen-bond donors (Lipinski definition) is 0. The second kappa shape index (κ2) is 4.90. The fourth-order valence-electron chi connectivity index (χ4n) is 2.09. The zero-order chi connectivity index (χ0) is 12.5. The van der Waals surface area contributed by atoms with Crippen LogP contribution in [0.1, 0.15) is 19.8 Å². The zero-order valence-corrected chi connectivity index (χ0v) is 11.7. The molecule has 0 saturated carbocycles. The number of anilines is 1. The summed E-state index contributed by atoms with van der Waals surface area (Å²) in [5.74, 6) is 1.99. The predicted molar refractivity (Wildman–Crippen MR) is 73.2 cm³/mol. The van der Waals surface area contributed by atoms with Crippen molar-refractivity contribution in [2.45, 2.75) is 19.8 Å². The smallest absolute Gasteiger partial charge is 0.271 e. The molecule has 96 valence electrons. The first kappa shape index (κ1) is 12.0. The lowest BCUT2D eigenvalue weighted by Gasteiger charge is -2.28. The number of piperidine rings is 1. The third-order valence-corrected chi connectivity index (χ3v) is 4.62. The Hall–Kier alpha value is -1.07. The van der Waals surface area contributed by atoms with Crippen LogP contribution in [0.25, 0.3) is 10.8 Å². The van der Waals surface area contributed by atoms with E-state index in [0.717, 1.165) is 23.9 Å². The largest absolute Gasteiger partial charge is 0.338 e. The highest BCUT2D eigenvalue weighted by Crippen LogP contribution is 2.33. The molecule has 1 saturated heterocycles. The highest BCUT2D eigenvalue weighted by Gasteiger charge is 2.21. The van der Waals surface area contributed by atoms with E-state index in [1.54, 1.807) is 0 Å². The summed E-state index contributed by atoms with van der Waals surface area (Å²) in [6.45, 7) is 4.28. The summed E-state index contributed by atoms with van der Waals surface area (Å²) < 4.78 is 5.29. The summed E-state index contributed by atoms with van der Waals surface area (Å²) in [5, 5.41) is 6.64. The first-order valence-corrected chi connectivity index (χ1v) is 7.32. The predicted octanol–water partition coefficient (Wildman–Crippen LogP) is 3.69. The highest BCUT2D eigenvalue weighted by atomic mass is 35.5. The fourth-order valence-corrected chi connectivity index (χ4v) is 3.15. The van der Waals surface area contributed by atoms with Gasteiger partial charge in [0.25, 0.3) is 11.8 Å². The Morgan fingerprint density at radius 1 is 1.44 bits per heavy atom. The maximum atomic E-state index is 6.06. The highest BCUT2D eigenvalue weighted by molar-refractivity contribution is 7.14. The zero-order valence-electron chi connectivity index (χ0n) is 10.1. The molecule has 0 unspecified atom stereocenters. The molecule has 18 heavy (non-hydrogen) atoms. The summed E-state index contributed by atoms with van der Waals surface area (Å²) >= 11 is 7.57. The Morgan fingerprint density at radius 2 is 2.22 bits per heavy atom. The molecule has 1 aliphatic rings. The summed E-state index contributed by atoms with van der Waals surface area (Å²) in [4.78, 5) is 7.46. The van der Waals surface area contributed by atoms with Crippen LogP contribution in [0.5, 0.6) is 0 Å². The summed E-state index contributed by atoms with van der Waals surface area (Å²) in [6.07, 6.45) is 2.37. The van der Waals surface area contributed by atoms with Crippen molar-refractivity contribution in [2.24, 2.45) is 5.92 Å². The maximum absolute atomic E-state index is 6.06. The SMILES string of the molecule is CC1CCN(c2noc(-c3sccc3Cl)n2)CC1. The van der Waals surface area contributed by atoms with Gasteiger partial charge in [0.15, 0.2) is 0 Å². The van der Waals surface area contributed by atoms with Gasteiger partial charge < -0.3 is 9.42 Å². The summed E-state index contributed by atoms with van der Waals surface area (Å²) in [6, 6.07) is 1.84. The number of thiophene rings is 1. The lowest BCUT2D eigenvalue weighted by molar-refractivity contribution is 0.410. The number of rotatable bonds is 2. The van der Waals surface area contributed by atoms with E-state index in [0.29, 0.717) is 16.9 Å². The van der Waals surface area contributed by atoms with Gasteiger partial charge in [-0.2, -0.15) is 4.98 Å². The van der Waals surface area contributed by atoms with Crippen molar-refractivity contribution >= 4 is 28.9 Å². The van der Waals surface area contributed by atoms with Crippen molar-refractivity contribution in [1.82, 2.24) is 10.1 Å². The van der Waals surface area contributed by atoms with Gasteiger partial charge in [-0.3, -0.25) is 0 Å². The van der Waals surface area contributed by atoms with E-state index in [1.165, 1.54) is 24.2 Å². The van der Waals surface area contributed by atoms with Gasteiger partial charge in [0.05, 0.1) is 5.02 Å². The molecule has 1 fully saturated rings. The minimum atomic E-state index is 0.517. The molecule has 3 rings (SSSR count). The van der Waals surface area contributed by atoms with Gasteiger partial charge in [-0.15, -0.1) is 11.3 Å². The van der Waals surface area contributed by atoms with E-state index >= 15 is 0 Å². The average molecular weight is 284 g/mol. The Bertz CT molecular complexity index is 531. The monoisotopic (exact) mass is 283 g/mol. The minimum Gasteiger partial charge on any atom is -0.338 e. The average Bonchev–Trinajstić information content (AvgIpc) is 2.98. The number of halogens is 1. The molecule has 4 nitrogen and oxygen atoms in total. The van der Waals surface area contributed by atoms with E-state index in [2.05, 4.69) is 22.0 Å². The first-order valence-electron chi connectivity index (χ1n) is 6.06. The molecule has 0 radical (unpaired) electrons. The van der Waals surface area contributed by atoms with Gasteiger partial charge >= 0.3 is 0 Å². The number of nitrogens with zero attached hydrogens (tertiary/aromatic N) is 3. The second-order valence-electron chi connectivity index (χ2n) is 4.67. The van der Waals surface area contributed by atoms with Crippen LogP contribution in [0, 0.1) is 5.92 Å². The lowest BCUT2D eigenvalue weighted by atomic mass is 10.00. The van der Waals surface area contributed by atoms with Crippen LogP contribution < -0.4 is 4.90 Å². The van der Waals surface area contributed by atoms with Crippen LogP contribution in [0.3, 0.4) is 0 Å². The molecule has 2 aromatic heterocycles. The van der Waals surface area contributed by atoms with Crippen LogP contribution in [-0.4, -0.2) is 23.2 Å². The van der Waals surface area contributed by atoms with E-state index in [9.17, 15) is 0 Å². The van der Waals surface area contributed by atoms with Crippen LogP contribution >= 0.6 is 22.9 Å². The molecular weight excluding hydrogens is 270 g/mol. The molecule has 0 aromatic carbocycles. The van der Waals surface area contributed by atoms with E-state index in [4.69, 9.17) is 16.1 Å². The summed E-state index contributed by atoms with van der Waals surface area (Å²) in [5.41, 5.74) is 0. The van der Waals surface area contributed by atoms with E-state index in [-0.39, 0.29) is 0 Å².